The van der Waals surface area contributed by atoms with Gasteiger partial charge in [-0.25, -0.2) is 0 Å². The van der Waals surface area contributed by atoms with Crippen molar-refractivity contribution in [3.05, 3.63) is 60.2 Å². The van der Waals surface area contributed by atoms with Crippen LogP contribution in [0.4, 0.5) is 5.69 Å². The van der Waals surface area contributed by atoms with E-state index in [2.05, 4.69) is 20.4 Å². The molecule has 1 atom stereocenters. The van der Waals surface area contributed by atoms with E-state index >= 15 is 0 Å². The number of ether oxygens (including phenoxy) is 1. The van der Waals surface area contributed by atoms with Crippen LogP contribution in [-0.2, 0) is 22.7 Å². The predicted molar refractivity (Wildman–Crippen MR) is 110 cm³/mol. The van der Waals surface area contributed by atoms with Gasteiger partial charge >= 0.3 is 0 Å². The number of anilines is 1. The lowest BCUT2D eigenvalue weighted by atomic mass is 9.97. The Balaban J connectivity index is 1.32. The van der Waals surface area contributed by atoms with Crippen LogP contribution in [0.25, 0.3) is 11.3 Å². The fraction of sp³-hybridized carbons (Fsp3) is 0.364. The zero-order valence-electron chi connectivity index (χ0n) is 16.6. The van der Waals surface area contributed by atoms with Gasteiger partial charge in [0.25, 0.3) is 0 Å². The molecule has 1 aliphatic heterocycles. The summed E-state index contributed by atoms with van der Waals surface area (Å²) in [6.45, 7) is 2.90. The molecule has 1 aromatic carbocycles. The molecule has 1 aliphatic rings. The summed E-state index contributed by atoms with van der Waals surface area (Å²) in [6.07, 6.45) is 3.63. The minimum atomic E-state index is -0.0237. The van der Waals surface area contributed by atoms with Gasteiger partial charge in [-0.1, -0.05) is 12.1 Å². The first kappa shape index (κ1) is 19.4. The molecular weight excluding hydrogens is 368 g/mol. The lowest BCUT2D eigenvalue weighted by Crippen LogP contribution is -2.40. The van der Waals surface area contributed by atoms with Crippen LogP contribution in [0.5, 0.6) is 0 Å². The van der Waals surface area contributed by atoms with Crippen molar-refractivity contribution in [1.82, 2.24) is 15.1 Å². The molecule has 1 saturated heterocycles. The highest BCUT2D eigenvalue weighted by atomic mass is 16.5. The molecule has 1 amide bonds. The van der Waals surface area contributed by atoms with Gasteiger partial charge in [-0.3, -0.25) is 14.8 Å². The second kappa shape index (κ2) is 9.07. The molecule has 4 rings (SSSR count). The quantitative estimate of drug-likeness (QED) is 0.639. The van der Waals surface area contributed by atoms with E-state index in [0.29, 0.717) is 13.2 Å². The zero-order chi connectivity index (χ0) is 20.1. The summed E-state index contributed by atoms with van der Waals surface area (Å²) in [6, 6.07) is 13.7. The van der Waals surface area contributed by atoms with Gasteiger partial charge in [0.05, 0.1) is 18.2 Å². The summed E-state index contributed by atoms with van der Waals surface area (Å²) in [7, 11) is 1.65. The monoisotopic (exact) mass is 394 g/mol. The van der Waals surface area contributed by atoms with Crippen molar-refractivity contribution in [3.63, 3.8) is 0 Å². The number of carbonyl (C=O) groups excluding carboxylic acids is 1. The van der Waals surface area contributed by atoms with Gasteiger partial charge in [0.1, 0.15) is 18.1 Å². The highest BCUT2D eigenvalue weighted by molar-refractivity contribution is 5.93. The number of aromatic amines is 1. The van der Waals surface area contributed by atoms with E-state index in [4.69, 9.17) is 9.15 Å². The van der Waals surface area contributed by atoms with Crippen LogP contribution in [0.1, 0.15) is 24.4 Å². The maximum atomic E-state index is 12.8. The summed E-state index contributed by atoms with van der Waals surface area (Å²) in [5.41, 5.74) is 2.80. The molecule has 0 saturated carbocycles. The van der Waals surface area contributed by atoms with E-state index in [1.807, 2.05) is 42.5 Å². The summed E-state index contributed by atoms with van der Waals surface area (Å²) < 4.78 is 10.9. The van der Waals surface area contributed by atoms with Crippen molar-refractivity contribution in [2.75, 3.05) is 25.5 Å². The van der Waals surface area contributed by atoms with Crippen LogP contribution in [0, 0.1) is 5.92 Å². The van der Waals surface area contributed by atoms with E-state index in [9.17, 15) is 4.79 Å². The molecule has 3 aromatic rings. The molecule has 0 radical (unpaired) electrons. The Hall–Kier alpha value is -2.90. The lowest BCUT2D eigenvalue weighted by molar-refractivity contribution is -0.121. The molecule has 2 aromatic heterocycles. The highest BCUT2D eigenvalue weighted by Crippen LogP contribution is 2.23. The van der Waals surface area contributed by atoms with Crippen molar-refractivity contribution in [1.29, 1.82) is 0 Å². The third-order valence-corrected chi connectivity index (χ3v) is 5.22. The summed E-state index contributed by atoms with van der Waals surface area (Å²) in [5.74, 6) is 1.79. The molecule has 152 valence electrons. The van der Waals surface area contributed by atoms with Gasteiger partial charge in [0.15, 0.2) is 0 Å². The van der Waals surface area contributed by atoms with Crippen LogP contribution >= 0.6 is 0 Å². The normalized spacial score (nSPS) is 17.3. The fourth-order valence-corrected chi connectivity index (χ4v) is 3.75. The Morgan fingerprint density at radius 3 is 2.83 bits per heavy atom. The maximum Gasteiger partial charge on any atom is 0.228 e. The third kappa shape index (κ3) is 4.93. The predicted octanol–water partition coefficient (Wildman–Crippen LogP) is 3.67. The Labute approximate surface area is 170 Å². The summed E-state index contributed by atoms with van der Waals surface area (Å²) in [5, 5.41) is 9.96. The second-order valence-electron chi connectivity index (χ2n) is 7.41. The molecule has 0 spiro atoms. The average Bonchev–Trinajstić information content (AvgIpc) is 3.42. The van der Waals surface area contributed by atoms with Crippen molar-refractivity contribution in [2.24, 2.45) is 5.92 Å². The SMILES string of the molecule is COCc1ccc(CN2CCCC(C(=O)Nc3ccc(-c4ccn[nH]4)cc3)C2)o1. The molecule has 3 heterocycles. The van der Waals surface area contributed by atoms with Crippen molar-refractivity contribution in [3.8, 4) is 11.3 Å². The number of nitrogens with zero attached hydrogens (tertiary/aromatic N) is 2. The van der Waals surface area contributed by atoms with Crippen LogP contribution in [0.15, 0.2) is 53.1 Å². The van der Waals surface area contributed by atoms with Gasteiger partial charge in [-0.2, -0.15) is 5.10 Å². The van der Waals surface area contributed by atoms with Gasteiger partial charge < -0.3 is 14.5 Å². The molecule has 29 heavy (non-hydrogen) atoms. The van der Waals surface area contributed by atoms with E-state index < -0.39 is 0 Å². The number of piperidine rings is 1. The van der Waals surface area contributed by atoms with E-state index in [1.54, 1.807) is 13.3 Å². The number of benzene rings is 1. The average molecular weight is 394 g/mol. The number of amides is 1. The Bertz CT molecular complexity index is 918. The Morgan fingerprint density at radius 2 is 2.07 bits per heavy atom. The third-order valence-electron chi connectivity index (χ3n) is 5.22. The molecule has 2 N–H and O–H groups in total. The maximum absolute atomic E-state index is 12.8. The standard InChI is InChI=1S/C22H26N4O3/c1-28-15-20-9-8-19(29-20)14-26-12-2-3-17(13-26)22(27)24-18-6-4-16(5-7-18)21-10-11-23-25-21/h4-11,17H,2-3,12-15H2,1H3,(H,23,25)(H,24,27). The topological polar surface area (TPSA) is 83.4 Å². The fourth-order valence-electron chi connectivity index (χ4n) is 3.75. The first-order valence-corrected chi connectivity index (χ1v) is 9.91. The number of likely N-dealkylation sites (tertiary alicyclic amines) is 1. The van der Waals surface area contributed by atoms with E-state index in [-0.39, 0.29) is 11.8 Å². The largest absolute Gasteiger partial charge is 0.462 e. The van der Waals surface area contributed by atoms with Crippen molar-refractivity contribution in [2.45, 2.75) is 26.0 Å². The number of hydrogen-bond donors (Lipinski definition) is 2. The lowest BCUT2D eigenvalue weighted by Gasteiger charge is -2.31. The van der Waals surface area contributed by atoms with Gasteiger partial charge in [-0.15, -0.1) is 0 Å². The number of furan rings is 1. The summed E-state index contributed by atoms with van der Waals surface area (Å²) >= 11 is 0. The van der Waals surface area contributed by atoms with Gasteiger partial charge in [0, 0.05) is 25.5 Å². The molecule has 0 bridgehead atoms. The molecule has 7 nitrogen and oxygen atoms in total. The smallest absolute Gasteiger partial charge is 0.228 e. The first-order chi connectivity index (χ1) is 14.2. The zero-order valence-corrected chi connectivity index (χ0v) is 16.6. The van der Waals surface area contributed by atoms with Crippen LogP contribution < -0.4 is 5.32 Å². The molecular formula is C22H26N4O3. The number of hydrogen-bond acceptors (Lipinski definition) is 5. The Morgan fingerprint density at radius 1 is 1.24 bits per heavy atom. The minimum Gasteiger partial charge on any atom is -0.462 e. The van der Waals surface area contributed by atoms with Crippen molar-refractivity contribution >= 4 is 11.6 Å². The van der Waals surface area contributed by atoms with E-state index in [0.717, 1.165) is 54.4 Å². The molecule has 1 fully saturated rings. The van der Waals surface area contributed by atoms with Crippen molar-refractivity contribution < 1.29 is 13.9 Å². The highest BCUT2D eigenvalue weighted by Gasteiger charge is 2.26. The second-order valence-corrected chi connectivity index (χ2v) is 7.41. The first-order valence-electron chi connectivity index (χ1n) is 9.91. The van der Waals surface area contributed by atoms with Gasteiger partial charge in [0.2, 0.25) is 5.91 Å². The van der Waals surface area contributed by atoms with Gasteiger partial charge in [-0.05, 0) is 55.3 Å². The van der Waals surface area contributed by atoms with Crippen LogP contribution in [0.2, 0.25) is 0 Å². The Kier molecular flexibility index (Phi) is 6.07. The number of methoxy groups -OCH3 is 1. The van der Waals surface area contributed by atoms with Crippen LogP contribution in [-0.4, -0.2) is 41.2 Å². The molecule has 1 unspecified atom stereocenters. The molecule has 7 heteroatoms. The van der Waals surface area contributed by atoms with Crippen LogP contribution in [0.3, 0.4) is 0 Å². The number of nitrogens with one attached hydrogen (secondary N) is 2. The number of carbonyl (C=O) groups is 1. The number of rotatable bonds is 7. The number of aromatic nitrogens is 2. The minimum absolute atomic E-state index is 0.0237. The molecule has 0 aliphatic carbocycles. The number of H-pyrrole nitrogens is 1. The summed E-state index contributed by atoms with van der Waals surface area (Å²) in [4.78, 5) is 15.1. The van der Waals surface area contributed by atoms with E-state index in [1.165, 1.54) is 0 Å².